The van der Waals surface area contributed by atoms with Gasteiger partial charge in [-0.15, -0.1) is 0 Å². The fraction of sp³-hybridized carbons (Fsp3) is 0.562. The van der Waals surface area contributed by atoms with Gasteiger partial charge in [0.15, 0.2) is 0 Å². The van der Waals surface area contributed by atoms with Crippen LogP contribution in [0.3, 0.4) is 0 Å². The van der Waals surface area contributed by atoms with Gasteiger partial charge in [0.25, 0.3) is 0 Å². The summed E-state index contributed by atoms with van der Waals surface area (Å²) in [5.41, 5.74) is 1.61. The highest BCUT2D eigenvalue weighted by atomic mass is 16.5. The molecule has 102 valence electrons. The van der Waals surface area contributed by atoms with E-state index in [1.165, 1.54) is 12.8 Å². The number of rotatable bonds is 4. The van der Waals surface area contributed by atoms with Gasteiger partial charge in [0.2, 0.25) is 0 Å². The van der Waals surface area contributed by atoms with Crippen molar-refractivity contribution in [3.8, 4) is 11.8 Å². The van der Waals surface area contributed by atoms with Gasteiger partial charge in [-0.05, 0) is 36.5 Å². The first-order valence-electron chi connectivity index (χ1n) is 6.91. The van der Waals surface area contributed by atoms with Crippen LogP contribution in [0.4, 0.5) is 0 Å². The van der Waals surface area contributed by atoms with E-state index in [0.29, 0.717) is 24.0 Å². The zero-order valence-electron chi connectivity index (χ0n) is 11.7. The minimum Gasteiger partial charge on any atom is -0.495 e. The van der Waals surface area contributed by atoms with Crippen LogP contribution in [-0.4, -0.2) is 13.2 Å². The number of nitriles is 1. The van der Waals surface area contributed by atoms with Gasteiger partial charge >= 0.3 is 0 Å². The summed E-state index contributed by atoms with van der Waals surface area (Å²) in [6.07, 6.45) is 5.27. The molecule has 2 unspecified atom stereocenters. The van der Waals surface area contributed by atoms with Crippen LogP contribution in [0.2, 0.25) is 0 Å². The maximum atomic E-state index is 9.05. The Hall–Kier alpha value is -1.53. The van der Waals surface area contributed by atoms with E-state index in [1.807, 2.05) is 18.2 Å². The van der Waals surface area contributed by atoms with Crippen LogP contribution in [-0.2, 0) is 11.3 Å². The zero-order valence-corrected chi connectivity index (χ0v) is 11.7. The number of hydrogen-bond acceptors (Lipinski definition) is 3. The molecule has 0 N–H and O–H groups in total. The van der Waals surface area contributed by atoms with Crippen molar-refractivity contribution < 1.29 is 9.47 Å². The third kappa shape index (κ3) is 3.71. The third-order valence-corrected chi connectivity index (χ3v) is 3.76. The maximum Gasteiger partial charge on any atom is 0.136 e. The molecule has 1 aliphatic rings. The molecule has 3 heteroatoms. The summed E-state index contributed by atoms with van der Waals surface area (Å²) in [7, 11) is 1.58. The molecule has 0 bridgehead atoms. The van der Waals surface area contributed by atoms with Gasteiger partial charge in [-0.3, -0.25) is 0 Å². The standard InChI is InChI=1S/C16H21NO2/c1-12-4-3-5-15(8-12)19-11-13-6-7-16(18-2)14(9-13)10-17/h6-7,9,12,15H,3-5,8,11H2,1-2H3. The maximum absolute atomic E-state index is 9.05. The molecule has 0 aromatic heterocycles. The van der Waals surface area contributed by atoms with Crippen LogP contribution in [0.25, 0.3) is 0 Å². The second-order valence-electron chi connectivity index (χ2n) is 5.35. The Morgan fingerprint density at radius 3 is 2.89 bits per heavy atom. The smallest absolute Gasteiger partial charge is 0.136 e. The van der Waals surface area contributed by atoms with Crippen molar-refractivity contribution in [1.29, 1.82) is 5.26 Å². The first-order chi connectivity index (χ1) is 9.22. The molecule has 2 rings (SSSR count). The largest absolute Gasteiger partial charge is 0.495 e. The van der Waals surface area contributed by atoms with Gasteiger partial charge in [-0.1, -0.05) is 25.8 Å². The number of ether oxygens (including phenoxy) is 2. The second-order valence-corrected chi connectivity index (χ2v) is 5.35. The first kappa shape index (κ1) is 13.9. The fourth-order valence-corrected chi connectivity index (χ4v) is 2.68. The molecular formula is C16H21NO2. The Balaban J connectivity index is 1.94. The molecule has 2 atom stereocenters. The third-order valence-electron chi connectivity index (χ3n) is 3.76. The van der Waals surface area contributed by atoms with E-state index in [-0.39, 0.29) is 0 Å². The van der Waals surface area contributed by atoms with Crippen molar-refractivity contribution in [2.75, 3.05) is 7.11 Å². The molecule has 1 aromatic carbocycles. The van der Waals surface area contributed by atoms with Gasteiger partial charge in [-0.2, -0.15) is 5.26 Å². The fourth-order valence-electron chi connectivity index (χ4n) is 2.68. The molecule has 0 spiro atoms. The lowest BCUT2D eigenvalue weighted by Crippen LogP contribution is -2.21. The topological polar surface area (TPSA) is 42.2 Å². The molecule has 19 heavy (non-hydrogen) atoms. The predicted octanol–water partition coefficient (Wildman–Crippen LogP) is 3.66. The van der Waals surface area contributed by atoms with Gasteiger partial charge in [0, 0.05) is 0 Å². The summed E-state index contributed by atoms with van der Waals surface area (Å²) in [6.45, 7) is 2.87. The summed E-state index contributed by atoms with van der Waals surface area (Å²) in [5, 5.41) is 9.05. The Morgan fingerprint density at radius 2 is 2.21 bits per heavy atom. The quantitative estimate of drug-likeness (QED) is 0.828. The van der Waals surface area contributed by atoms with Gasteiger partial charge in [0.1, 0.15) is 11.8 Å². The van der Waals surface area contributed by atoms with Crippen molar-refractivity contribution in [1.82, 2.24) is 0 Å². The highest BCUT2D eigenvalue weighted by Gasteiger charge is 2.19. The summed E-state index contributed by atoms with van der Waals surface area (Å²) in [6, 6.07) is 7.80. The molecule has 1 saturated carbocycles. The Bertz CT molecular complexity index is 464. The molecule has 0 saturated heterocycles. The lowest BCUT2D eigenvalue weighted by molar-refractivity contribution is 0.00465. The van der Waals surface area contributed by atoms with E-state index in [9.17, 15) is 0 Å². The van der Waals surface area contributed by atoms with Crippen molar-refractivity contribution in [2.45, 2.75) is 45.3 Å². The minimum absolute atomic E-state index is 0.372. The molecule has 0 aliphatic heterocycles. The SMILES string of the molecule is COc1ccc(COC2CCCC(C)C2)cc1C#N. The molecule has 0 amide bonds. The first-order valence-corrected chi connectivity index (χ1v) is 6.91. The number of hydrogen-bond donors (Lipinski definition) is 0. The summed E-state index contributed by atoms with van der Waals surface area (Å²) < 4.78 is 11.1. The number of nitrogens with zero attached hydrogens (tertiary/aromatic N) is 1. The predicted molar refractivity (Wildman–Crippen MR) is 73.9 cm³/mol. The van der Waals surface area contributed by atoms with Gasteiger partial charge < -0.3 is 9.47 Å². The van der Waals surface area contributed by atoms with Crippen LogP contribution in [0.15, 0.2) is 18.2 Å². The highest BCUT2D eigenvalue weighted by molar-refractivity contribution is 5.45. The Kier molecular flexibility index (Phi) is 4.81. The van der Waals surface area contributed by atoms with Crippen molar-refractivity contribution >= 4 is 0 Å². The summed E-state index contributed by atoms with van der Waals surface area (Å²) in [4.78, 5) is 0. The van der Waals surface area contributed by atoms with Crippen LogP contribution >= 0.6 is 0 Å². The van der Waals surface area contributed by atoms with Crippen LogP contribution < -0.4 is 4.74 Å². The monoisotopic (exact) mass is 259 g/mol. The molecule has 0 heterocycles. The molecule has 3 nitrogen and oxygen atoms in total. The lowest BCUT2D eigenvalue weighted by atomic mass is 9.89. The molecule has 1 aliphatic carbocycles. The van der Waals surface area contributed by atoms with E-state index in [1.54, 1.807) is 7.11 Å². The molecule has 1 aromatic rings. The lowest BCUT2D eigenvalue weighted by Gasteiger charge is -2.26. The second kappa shape index (κ2) is 6.58. The molecule has 0 radical (unpaired) electrons. The average Bonchev–Trinajstić information content (AvgIpc) is 2.45. The van der Waals surface area contributed by atoms with Gasteiger partial charge in [-0.25, -0.2) is 0 Å². The van der Waals surface area contributed by atoms with Crippen LogP contribution in [0, 0.1) is 17.2 Å². The van der Waals surface area contributed by atoms with Crippen LogP contribution in [0.5, 0.6) is 5.75 Å². The average molecular weight is 259 g/mol. The van der Waals surface area contributed by atoms with Crippen molar-refractivity contribution in [3.05, 3.63) is 29.3 Å². The molecular weight excluding hydrogens is 238 g/mol. The van der Waals surface area contributed by atoms with Crippen LogP contribution in [0.1, 0.15) is 43.7 Å². The van der Waals surface area contributed by atoms with E-state index >= 15 is 0 Å². The van der Waals surface area contributed by atoms with E-state index in [0.717, 1.165) is 24.3 Å². The number of methoxy groups -OCH3 is 1. The van der Waals surface area contributed by atoms with Crippen molar-refractivity contribution in [2.24, 2.45) is 5.92 Å². The number of benzene rings is 1. The minimum atomic E-state index is 0.372. The van der Waals surface area contributed by atoms with Gasteiger partial charge in [0.05, 0.1) is 25.4 Å². The Morgan fingerprint density at radius 1 is 1.37 bits per heavy atom. The van der Waals surface area contributed by atoms with Crippen molar-refractivity contribution in [3.63, 3.8) is 0 Å². The van der Waals surface area contributed by atoms with E-state index in [4.69, 9.17) is 14.7 Å². The van der Waals surface area contributed by atoms with E-state index < -0.39 is 0 Å². The highest BCUT2D eigenvalue weighted by Crippen LogP contribution is 2.27. The molecule has 1 fully saturated rings. The zero-order chi connectivity index (χ0) is 13.7. The van der Waals surface area contributed by atoms with E-state index in [2.05, 4.69) is 13.0 Å². The summed E-state index contributed by atoms with van der Waals surface area (Å²) >= 11 is 0. The summed E-state index contributed by atoms with van der Waals surface area (Å²) in [5.74, 6) is 1.39. The Labute approximate surface area is 115 Å². The normalized spacial score (nSPS) is 22.8.